The second kappa shape index (κ2) is 7.48. The number of benzene rings is 1. The molecule has 0 unspecified atom stereocenters. The summed E-state index contributed by atoms with van der Waals surface area (Å²) < 4.78 is 13.0. The predicted octanol–water partition coefficient (Wildman–Crippen LogP) is 2.16. The maximum Gasteiger partial charge on any atom is 0.313 e. The molecule has 1 N–H and O–H groups in total. The van der Waals surface area contributed by atoms with Crippen LogP contribution in [0.4, 0.5) is 15.8 Å². The van der Waals surface area contributed by atoms with Gasteiger partial charge >= 0.3 is 11.8 Å². The summed E-state index contributed by atoms with van der Waals surface area (Å²) in [6.45, 7) is 1.99. The Bertz CT molecular complexity index is 776. The van der Waals surface area contributed by atoms with Crippen molar-refractivity contribution in [1.29, 1.82) is 0 Å². The van der Waals surface area contributed by atoms with Crippen molar-refractivity contribution in [2.75, 3.05) is 36.4 Å². The number of carbonyl (C=O) groups excluding carboxylic acids is 2. The molecule has 2 aromatic rings. The topological polar surface area (TPSA) is 65.5 Å². The van der Waals surface area contributed by atoms with Crippen LogP contribution in [0.3, 0.4) is 0 Å². The number of aromatic nitrogens is 1. The Hall–Kier alpha value is -2.67. The molecule has 1 aliphatic rings. The van der Waals surface area contributed by atoms with Gasteiger partial charge in [0.25, 0.3) is 0 Å². The summed E-state index contributed by atoms with van der Waals surface area (Å²) in [6, 6.07) is 9.24. The highest BCUT2D eigenvalue weighted by atomic mass is 35.5. The van der Waals surface area contributed by atoms with Crippen LogP contribution in [0.1, 0.15) is 0 Å². The van der Waals surface area contributed by atoms with E-state index in [4.69, 9.17) is 11.6 Å². The largest absolute Gasteiger partial charge is 0.368 e. The van der Waals surface area contributed by atoms with Crippen molar-refractivity contribution in [3.8, 4) is 0 Å². The van der Waals surface area contributed by atoms with Crippen LogP contribution in [0.5, 0.6) is 0 Å². The first kappa shape index (κ1) is 17.2. The van der Waals surface area contributed by atoms with E-state index < -0.39 is 11.8 Å². The van der Waals surface area contributed by atoms with Crippen molar-refractivity contribution in [3.05, 3.63) is 53.6 Å². The summed E-state index contributed by atoms with van der Waals surface area (Å²) in [5, 5.41) is 2.75. The number of rotatable bonds is 2. The normalized spacial score (nSPS) is 14.3. The van der Waals surface area contributed by atoms with E-state index >= 15 is 0 Å². The van der Waals surface area contributed by atoms with E-state index in [0.29, 0.717) is 31.9 Å². The Balaban J connectivity index is 1.55. The van der Waals surface area contributed by atoms with E-state index in [2.05, 4.69) is 10.3 Å². The molecule has 1 fully saturated rings. The Morgan fingerprint density at radius 3 is 2.40 bits per heavy atom. The molecule has 0 saturated carbocycles. The highest BCUT2D eigenvalue weighted by Gasteiger charge is 2.26. The third-order valence-corrected chi connectivity index (χ3v) is 4.14. The zero-order valence-electron chi connectivity index (χ0n) is 13.3. The average molecular weight is 363 g/mol. The van der Waals surface area contributed by atoms with Gasteiger partial charge in [-0.15, -0.1) is 0 Å². The third kappa shape index (κ3) is 4.24. The molecule has 0 aliphatic carbocycles. The van der Waals surface area contributed by atoms with E-state index in [0.717, 1.165) is 5.69 Å². The summed E-state index contributed by atoms with van der Waals surface area (Å²) in [4.78, 5) is 31.7. The van der Waals surface area contributed by atoms with Gasteiger partial charge in [0, 0.05) is 43.8 Å². The molecular weight excluding hydrogens is 347 g/mol. The number of amides is 2. The SMILES string of the molecule is O=C(Nc1ccnc(Cl)c1)C(=O)N1CCN(c2ccc(F)cc2)CC1. The molecule has 8 heteroatoms. The molecule has 0 bridgehead atoms. The molecule has 6 nitrogen and oxygen atoms in total. The predicted molar refractivity (Wildman–Crippen MR) is 93.1 cm³/mol. The molecule has 2 heterocycles. The van der Waals surface area contributed by atoms with Gasteiger partial charge in [0.1, 0.15) is 11.0 Å². The van der Waals surface area contributed by atoms with Gasteiger partial charge in [0.2, 0.25) is 0 Å². The lowest BCUT2D eigenvalue weighted by Gasteiger charge is -2.35. The standard InChI is InChI=1S/C17H16ClFN4O2/c18-15-11-13(5-6-20-15)21-16(24)17(25)23-9-7-22(8-10-23)14-3-1-12(19)2-4-14/h1-6,11H,7-10H2,(H,20,21,24). The van der Waals surface area contributed by atoms with E-state index in [1.54, 1.807) is 18.2 Å². The molecule has 2 amide bonds. The quantitative estimate of drug-likeness (QED) is 0.657. The fourth-order valence-corrected chi connectivity index (χ4v) is 2.80. The molecule has 0 radical (unpaired) electrons. The van der Waals surface area contributed by atoms with E-state index in [1.165, 1.54) is 29.3 Å². The van der Waals surface area contributed by atoms with Crippen molar-refractivity contribution in [2.24, 2.45) is 0 Å². The molecule has 1 aromatic heterocycles. The number of hydrogen-bond acceptors (Lipinski definition) is 4. The van der Waals surface area contributed by atoms with Gasteiger partial charge < -0.3 is 15.1 Å². The molecule has 0 atom stereocenters. The van der Waals surface area contributed by atoms with Crippen LogP contribution >= 0.6 is 11.6 Å². The zero-order chi connectivity index (χ0) is 17.8. The molecule has 130 valence electrons. The highest BCUT2D eigenvalue weighted by molar-refractivity contribution is 6.39. The fraction of sp³-hybridized carbons (Fsp3) is 0.235. The number of piperazine rings is 1. The summed E-state index contributed by atoms with van der Waals surface area (Å²) in [6.07, 6.45) is 1.45. The van der Waals surface area contributed by atoms with Gasteiger partial charge in [-0.1, -0.05) is 11.6 Å². The summed E-state index contributed by atoms with van der Waals surface area (Å²) >= 11 is 5.75. The number of nitrogens with one attached hydrogen (secondary N) is 1. The minimum atomic E-state index is -0.711. The lowest BCUT2D eigenvalue weighted by molar-refractivity contribution is -0.143. The van der Waals surface area contributed by atoms with Gasteiger partial charge in [0.15, 0.2) is 0 Å². The van der Waals surface area contributed by atoms with E-state index in [-0.39, 0.29) is 11.0 Å². The van der Waals surface area contributed by atoms with Crippen molar-refractivity contribution in [3.63, 3.8) is 0 Å². The van der Waals surface area contributed by atoms with Crippen LogP contribution in [-0.2, 0) is 9.59 Å². The minimum absolute atomic E-state index is 0.234. The molecule has 1 aliphatic heterocycles. The smallest absolute Gasteiger partial charge is 0.313 e. The number of hydrogen-bond donors (Lipinski definition) is 1. The lowest BCUT2D eigenvalue weighted by atomic mass is 10.2. The Morgan fingerprint density at radius 1 is 1.08 bits per heavy atom. The fourth-order valence-electron chi connectivity index (χ4n) is 2.63. The van der Waals surface area contributed by atoms with Gasteiger partial charge in [-0.3, -0.25) is 9.59 Å². The van der Waals surface area contributed by atoms with Crippen LogP contribution in [0.25, 0.3) is 0 Å². The van der Waals surface area contributed by atoms with Crippen LogP contribution in [-0.4, -0.2) is 47.9 Å². The van der Waals surface area contributed by atoms with Crippen LogP contribution in [0.15, 0.2) is 42.6 Å². The maximum atomic E-state index is 13.0. The molecule has 1 aromatic carbocycles. The monoisotopic (exact) mass is 362 g/mol. The minimum Gasteiger partial charge on any atom is -0.368 e. The second-order valence-corrected chi connectivity index (χ2v) is 5.96. The summed E-state index contributed by atoms with van der Waals surface area (Å²) in [5.41, 5.74) is 1.31. The molecule has 25 heavy (non-hydrogen) atoms. The average Bonchev–Trinajstić information content (AvgIpc) is 2.62. The van der Waals surface area contributed by atoms with Crippen LogP contribution in [0, 0.1) is 5.82 Å². The number of nitrogens with zero attached hydrogens (tertiary/aromatic N) is 3. The number of pyridine rings is 1. The van der Waals surface area contributed by atoms with Gasteiger partial charge in [0.05, 0.1) is 0 Å². The molecule has 0 spiro atoms. The van der Waals surface area contributed by atoms with Gasteiger partial charge in [-0.05, 0) is 36.4 Å². The van der Waals surface area contributed by atoms with Crippen molar-refractivity contribution in [1.82, 2.24) is 9.88 Å². The Kier molecular flexibility index (Phi) is 5.14. The Labute approximate surface area is 149 Å². The van der Waals surface area contributed by atoms with E-state index in [1.807, 2.05) is 4.90 Å². The summed E-state index contributed by atoms with van der Waals surface area (Å²) in [7, 11) is 0. The highest BCUT2D eigenvalue weighted by Crippen LogP contribution is 2.17. The lowest BCUT2D eigenvalue weighted by Crippen LogP contribution is -2.51. The van der Waals surface area contributed by atoms with Crippen molar-refractivity contribution < 1.29 is 14.0 Å². The zero-order valence-corrected chi connectivity index (χ0v) is 14.0. The van der Waals surface area contributed by atoms with Crippen LogP contribution in [0.2, 0.25) is 5.15 Å². The first-order valence-corrected chi connectivity index (χ1v) is 8.13. The number of carbonyl (C=O) groups is 2. The van der Waals surface area contributed by atoms with Crippen molar-refractivity contribution >= 4 is 34.8 Å². The maximum absolute atomic E-state index is 13.0. The molecule has 1 saturated heterocycles. The second-order valence-electron chi connectivity index (χ2n) is 5.58. The summed E-state index contributed by atoms with van der Waals surface area (Å²) in [5.74, 6) is -1.59. The van der Waals surface area contributed by atoms with Crippen LogP contribution < -0.4 is 10.2 Å². The number of halogens is 2. The van der Waals surface area contributed by atoms with Crippen molar-refractivity contribution in [2.45, 2.75) is 0 Å². The first-order chi connectivity index (χ1) is 12.0. The van der Waals surface area contributed by atoms with E-state index in [9.17, 15) is 14.0 Å². The Morgan fingerprint density at radius 2 is 1.76 bits per heavy atom. The van der Waals surface area contributed by atoms with Gasteiger partial charge in [-0.25, -0.2) is 9.37 Å². The number of anilines is 2. The first-order valence-electron chi connectivity index (χ1n) is 7.75. The van der Waals surface area contributed by atoms with Gasteiger partial charge in [-0.2, -0.15) is 0 Å². The molecule has 3 rings (SSSR count). The molecular formula is C17H16ClFN4O2. The third-order valence-electron chi connectivity index (χ3n) is 3.94.